The van der Waals surface area contributed by atoms with E-state index in [9.17, 15) is 36.6 Å². The number of rotatable bonds is 9. The summed E-state index contributed by atoms with van der Waals surface area (Å²) in [5.74, 6) is -1.62. The lowest BCUT2D eigenvalue weighted by molar-refractivity contribution is -0.263. The molecule has 0 saturated heterocycles. The summed E-state index contributed by atoms with van der Waals surface area (Å²) in [7, 11) is -4.14. The molecule has 0 aliphatic heterocycles. The molecule has 0 spiro atoms. The van der Waals surface area contributed by atoms with Crippen molar-refractivity contribution in [3.05, 3.63) is 82.9 Å². The summed E-state index contributed by atoms with van der Waals surface area (Å²) in [6.45, 7) is 0.572. The van der Waals surface area contributed by atoms with Crippen molar-refractivity contribution in [2.45, 2.75) is 34.5 Å². The number of carbonyl (C=O) groups excluding carboxylic acids is 1. The number of alkyl halides is 3. The first kappa shape index (κ1) is 29.2. The zero-order chi connectivity index (χ0) is 28.3. The van der Waals surface area contributed by atoms with E-state index in [0.717, 1.165) is 24.3 Å². The van der Waals surface area contributed by atoms with Crippen molar-refractivity contribution < 1.29 is 41.7 Å². The average Bonchev–Trinajstić information content (AvgIpc) is 2.86. The van der Waals surface area contributed by atoms with Crippen LogP contribution < -0.4 is 10.6 Å². The monoisotopic (exact) mass is 572 g/mol. The number of nitrogens with one attached hydrogen (secondary N) is 2. The topological polar surface area (TPSA) is 136 Å². The van der Waals surface area contributed by atoms with Crippen LogP contribution in [0.15, 0.2) is 76.5 Å². The van der Waals surface area contributed by atoms with E-state index in [-0.39, 0.29) is 28.5 Å². The summed E-state index contributed by atoms with van der Waals surface area (Å²) in [5, 5.41) is 33.7. The average molecular weight is 573 g/mol. The number of sulfone groups is 1. The number of phenols is 1. The summed E-state index contributed by atoms with van der Waals surface area (Å²) in [6, 6.07) is 11.4. The van der Waals surface area contributed by atoms with Crippen molar-refractivity contribution in [2.75, 3.05) is 18.5 Å². The van der Waals surface area contributed by atoms with Crippen molar-refractivity contribution >= 4 is 33.0 Å². The van der Waals surface area contributed by atoms with Gasteiger partial charge in [0.1, 0.15) is 5.75 Å². The Bertz CT molecular complexity index is 1410. The second-order valence-corrected chi connectivity index (χ2v) is 10.8. The van der Waals surface area contributed by atoms with Gasteiger partial charge in [0.25, 0.3) is 5.91 Å². The van der Waals surface area contributed by atoms with Gasteiger partial charge in [0.15, 0.2) is 5.60 Å². The van der Waals surface area contributed by atoms with Crippen LogP contribution in [0.2, 0.25) is 5.02 Å². The maximum absolute atomic E-state index is 13.8. The Morgan fingerprint density at radius 3 is 2.18 bits per heavy atom. The minimum atomic E-state index is -5.23. The smallest absolute Gasteiger partial charge is 0.419 e. The maximum atomic E-state index is 13.8. The molecule has 3 aromatic carbocycles. The van der Waals surface area contributed by atoms with Crippen LogP contribution in [0, 0.1) is 0 Å². The maximum Gasteiger partial charge on any atom is 0.419 e. The van der Waals surface area contributed by atoms with Gasteiger partial charge in [-0.1, -0.05) is 29.8 Å². The van der Waals surface area contributed by atoms with Crippen molar-refractivity contribution in [1.82, 2.24) is 5.32 Å². The van der Waals surface area contributed by atoms with E-state index in [0.29, 0.717) is 12.6 Å². The number of halogens is 4. The summed E-state index contributed by atoms with van der Waals surface area (Å²) < 4.78 is 67.7. The van der Waals surface area contributed by atoms with E-state index in [4.69, 9.17) is 16.7 Å². The molecule has 0 radical (unpaired) electrons. The van der Waals surface area contributed by atoms with Crippen molar-refractivity contribution in [2.24, 2.45) is 0 Å². The number of aliphatic hydroxyl groups excluding tert-OH is 1. The van der Waals surface area contributed by atoms with Gasteiger partial charge in [-0.2, -0.15) is 13.2 Å². The van der Waals surface area contributed by atoms with E-state index in [1.54, 1.807) is 0 Å². The Labute approximate surface area is 221 Å². The van der Waals surface area contributed by atoms with E-state index in [1.165, 1.54) is 42.5 Å². The van der Waals surface area contributed by atoms with Crippen LogP contribution in [0.25, 0.3) is 0 Å². The minimum Gasteiger partial charge on any atom is -0.507 e. The van der Waals surface area contributed by atoms with Crippen LogP contribution in [0.3, 0.4) is 0 Å². The third kappa shape index (κ3) is 6.04. The van der Waals surface area contributed by atoms with E-state index in [1.807, 2.05) is 0 Å². The molecule has 3 aromatic rings. The fourth-order valence-corrected chi connectivity index (χ4v) is 5.20. The predicted octanol–water partition coefficient (Wildman–Crippen LogP) is 4.07. The Hall–Kier alpha value is -3.32. The fraction of sp³-hybridized carbons (Fsp3) is 0.240. The molecule has 2 unspecified atom stereocenters. The Balaban J connectivity index is 2.01. The fourth-order valence-electron chi connectivity index (χ4n) is 3.56. The van der Waals surface area contributed by atoms with Crippen molar-refractivity contribution in [3.63, 3.8) is 0 Å². The molecule has 0 fully saturated rings. The van der Waals surface area contributed by atoms with Gasteiger partial charge in [-0.3, -0.25) is 4.79 Å². The molecule has 0 saturated carbocycles. The highest BCUT2D eigenvalue weighted by Crippen LogP contribution is 2.42. The van der Waals surface area contributed by atoms with Gasteiger partial charge in [-0.25, -0.2) is 8.42 Å². The molecule has 2 atom stereocenters. The first-order chi connectivity index (χ1) is 17.7. The number of hydrogen-bond acceptors (Lipinski definition) is 7. The molecule has 0 aliphatic carbocycles. The third-order valence-corrected chi connectivity index (χ3v) is 7.85. The number of amides is 1. The van der Waals surface area contributed by atoms with E-state index < -0.39 is 49.9 Å². The Morgan fingerprint density at radius 1 is 1.03 bits per heavy atom. The molecule has 1 amide bonds. The summed E-state index contributed by atoms with van der Waals surface area (Å²) in [4.78, 5) is 12.3. The molecular formula is C25H24ClF3N2O6S. The number of carbonyl (C=O) groups is 1. The van der Waals surface area contributed by atoms with Gasteiger partial charge in [0, 0.05) is 17.3 Å². The van der Waals surface area contributed by atoms with Crippen LogP contribution >= 0.6 is 11.6 Å². The number of benzene rings is 3. The van der Waals surface area contributed by atoms with Gasteiger partial charge >= 0.3 is 6.18 Å². The lowest BCUT2D eigenvalue weighted by atomic mass is 9.89. The van der Waals surface area contributed by atoms with Gasteiger partial charge in [0.05, 0.1) is 28.0 Å². The lowest BCUT2D eigenvalue weighted by Gasteiger charge is -2.36. The van der Waals surface area contributed by atoms with Gasteiger partial charge in [-0.15, -0.1) is 0 Å². The summed E-state index contributed by atoms with van der Waals surface area (Å²) in [6.07, 6.45) is -5.23. The summed E-state index contributed by atoms with van der Waals surface area (Å²) in [5.41, 5.74) is -3.72. The van der Waals surface area contributed by atoms with E-state index >= 15 is 0 Å². The second kappa shape index (κ2) is 11.2. The largest absolute Gasteiger partial charge is 0.507 e. The Kier molecular flexibility index (Phi) is 8.62. The molecular weight excluding hydrogens is 549 g/mol. The van der Waals surface area contributed by atoms with Crippen molar-refractivity contribution in [3.8, 4) is 5.75 Å². The highest BCUT2D eigenvalue weighted by atomic mass is 35.5. The van der Waals surface area contributed by atoms with Gasteiger partial charge in [-0.05, 0) is 61.0 Å². The zero-order valence-corrected chi connectivity index (χ0v) is 21.4. The molecule has 13 heteroatoms. The van der Waals surface area contributed by atoms with Gasteiger partial charge < -0.3 is 26.0 Å². The standard InChI is InChI=1S/C25H24ClF3N2O6S/c1-24(35,25(27,28)29)22(31-23(34)19-4-2-3-5-21(19)33)18-11-10-17(14-20(18)26)38(36,37)16-8-6-15(7-9-16)30-12-13-32/h2-11,14,22,30,32-33,35H,12-13H2,1H3,(H,31,34). The number of hydrogen-bond donors (Lipinski definition) is 5. The number of anilines is 1. The highest BCUT2D eigenvalue weighted by molar-refractivity contribution is 7.91. The van der Waals surface area contributed by atoms with Crippen molar-refractivity contribution in [1.29, 1.82) is 0 Å². The molecule has 38 heavy (non-hydrogen) atoms. The Morgan fingerprint density at radius 2 is 1.63 bits per heavy atom. The molecule has 0 aromatic heterocycles. The first-order valence-electron chi connectivity index (χ1n) is 11.1. The van der Waals surface area contributed by atoms with Crippen LogP contribution in [0.1, 0.15) is 28.9 Å². The second-order valence-electron chi connectivity index (χ2n) is 8.43. The van der Waals surface area contributed by atoms with Crippen LogP contribution in [0.5, 0.6) is 5.75 Å². The first-order valence-corrected chi connectivity index (χ1v) is 12.9. The quantitative estimate of drug-likeness (QED) is 0.261. The minimum absolute atomic E-state index is 0.123. The molecule has 0 heterocycles. The third-order valence-electron chi connectivity index (χ3n) is 5.76. The molecule has 204 valence electrons. The number of phenolic OH excluding ortho intramolecular Hbond substituents is 1. The molecule has 0 bridgehead atoms. The molecule has 0 aliphatic rings. The van der Waals surface area contributed by atoms with Crippen LogP contribution in [-0.2, 0) is 9.84 Å². The number of para-hydroxylation sites is 1. The molecule has 8 nitrogen and oxygen atoms in total. The normalized spacial score (nSPS) is 14.4. The van der Waals surface area contributed by atoms with Crippen LogP contribution in [0.4, 0.5) is 18.9 Å². The number of aromatic hydroxyl groups is 1. The summed E-state index contributed by atoms with van der Waals surface area (Å²) >= 11 is 6.24. The number of aliphatic hydroxyl groups is 2. The molecule has 3 rings (SSSR count). The van der Waals surface area contributed by atoms with Gasteiger partial charge in [0.2, 0.25) is 9.84 Å². The predicted molar refractivity (Wildman–Crippen MR) is 134 cm³/mol. The van der Waals surface area contributed by atoms with E-state index in [2.05, 4.69) is 10.6 Å². The zero-order valence-electron chi connectivity index (χ0n) is 19.8. The highest BCUT2D eigenvalue weighted by Gasteiger charge is 2.56. The van der Waals surface area contributed by atoms with Crippen LogP contribution in [-0.4, -0.2) is 54.6 Å². The SMILES string of the molecule is CC(O)(C(NC(=O)c1ccccc1O)c1ccc(S(=O)(=O)c2ccc(NCCO)cc2)cc1Cl)C(F)(F)F. The molecule has 5 N–H and O–H groups in total. The lowest BCUT2D eigenvalue weighted by Crippen LogP contribution is -2.53.